The zero-order chi connectivity index (χ0) is 30.7. The van der Waals surface area contributed by atoms with Crippen molar-refractivity contribution in [2.75, 3.05) is 4.90 Å². The average molecular weight is 695 g/mol. The minimum atomic E-state index is -1.77. The van der Waals surface area contributed by atoms with Gasteiger partial charge in [0.2, 0.25) is 0 Å². The van der Waals surface area contributed by atoms with Gasteiger partial charge in [-0.1, -0.05) is 88.6 Å². The molecule has 0 amide bonds. The van der Waals surface area contributed by atoms with E-state index in [2.05, 4.69) is 95.5 Å². The number of hydrogen-bond donors (Lipinski definition) is 0. The van der Waals surface area contributed by atoms with Crippen molar-refractivity contribution in [2.24, 2.45) is 0 Å². The van der Waals surface area contributed by atoms with Crippen LogP contribution in [0.25, 0.3) is 0 Å². The predicted octanol–water partition coefficient (Wildman–Crippen LogP) is 10.9. The monoisotopic (exact) mass is 694 g/mol. The van der Waals surface area contributed by atoms with Crippen LogP contribution in [-0.2, 0) is 25.4 Å². The first-order chi connectivity index (χ1) is 19.8. The molecule has 0 saturated carbocycles. The van der Waals surface area contributed by atoms with Crippen LogP contribution in [0.4, 0.5) is 5.69 Å². The second-order valence-electron chi connectivity index (χ2n) is 13.3. The average Bonchev–Trinajstić information content (AvgIpc) is 3.19. The minimum absolute atomic E-state index is 0.110. The molecule has 1 atom stereocenters. The fourth-order valence-electron chi connectivity index (χ4n) is 6.76. The molecule has 1 aliphatic heterocycles. The fourth-order valence-corrected chi connectivity index (χ4v) is 8.57. The van der Waals surface area contributed by atoms with E-state index in [0.717, 1.165) is 11.3 Å². The molecular weight excluding hydrogens is 646 g/mol. The van der Waals surface area contributed by atoms with Gasteiger partial charge < -0.3 is 4.90 Å². The molecule has 2 aliphatic rings. The third-order valence-corrected chi connectivity index (χ3v) is 10.3. The van der Waals surface area contributed by atoms with Crippen molar-refractivity contribution in [1.29, 1.82) is 0 Å². The molecule has 1 fully saturated rings. The Morgan fingerprint density at radius 1 is 0.857 bits per heavy atom. The van der Waals surface area contributed by atoms with Gasteiger partial charge in [0.15, 0.2) is 0 Å². The molecule has 1 saturated heterocycles. The number of nitrogens with zero attached hydrogens (tertiary/aromatic N) is 1. The van der Waals surface area contributed by atoms with E-state index in [0.29, 0.717) is 11.8 Å². The van der Waals surface area contributed by atoms with Crippen LogP contribution in [0, 0.1) is 6.54 Å². The van der Waals surface area contributed by atoms with E-state index in [-0.39, 0.29) is 17.1 Å². The first kappa shape index (κ1) is 33.2. The second-order valence-corrected chi connectivity index (χ2v) is 19.0. The Hall–Kier alpha value is -1.67. The molecule has 1 aliphatic carbocycles. The van der Waals surface area contributed by atoms with Crippen LogP contribution < -0.4 is 9.64 Å². The SMILES string of the molecule is CC(C)Oc1ccccc1[CH]=[Ru]([Cl])[Cl].CC(C)c1cccc(C(C)C)c1N1[CH-]C2(CCCc3ccccc32)CC1(C)C. The number of benzene rings is 3. The summed E-state index contributed by atoms with van der Waals surface area (Å²) in [5.41, 5.74) is 8.85. The van der Waals surface area contributed by atoms with Gasteiger partial charge >= 0.3 is 97.8 Å². The van der Waals surface area contributed by atoms with E-state index in [9.17, 15) is 0 Å². The predicted molar refractivity (Wildman–Crippen MR) is 180 cm³/mol. The Kier molecular flexibility index (Phi) is 11.0. The van der Waals surface area contributed by atoms with E-state index in [1.165, 1.54) is 42.5 Å². The molecule has 5 heteroatoms. The van der Waals surface area contributed by atoms with Crippen molar-refractivity contribution in [3.63, 3.8) is 0 Å². The van der Waals surface area contributed by atoms with Crippen LogP contribution in [0.2, 0.25) is 0 Å². The molecular formula is C37H48Cl2NORu-. The van der Waals surface area contributed by atoms with E-state index in [4.69, 9.17) is 24.1 Å². The summed E-state index contributed by atoms with van der Waals surface area (Å²) in [5, 5.41) is 0. The van der Waals surface area contributed by atoms with Crippen molar-refractivity contribution in [3.8, 4) is 5.75 Å². The number of rotatable bonds is 6. The first-order valence-electron chi connectivity index (χ1n) is 15.3. The molecule has 3 aromatic rings. The summed E-state index contributed by atoms with van der Waals surface area (Å²) in [6, 6.07) is 23.9. The largest absolute Gasteiger partial charge is 0.517 e. The number of halogens is 2. The van der Waals surface area contributed by atoms with Gasteiger partial charge in [-0.05, 0) is 55.2 Å². The van der Waals surface area contributed by atoms with Crippen LogP contribution in [0.15, 0.2) is 66.7 Å². The van der Waals surface area contributed by atoms with Crippen molar-refractivity contribution < 1.29 is 18.3 Å². The zero-order valence-corrected chi connectivity index (χ0v) is 29.8. The van der Waals surface area contributed by atoms with Gasteiger partial charge in [0.25, 0.3) is 0 Å². The standard InChI is InChI=1S/C27H36N.C10H12O.2ClH.Ru/c1-19(2)22-13-9-14-23(20(3)4)25(22)28-18-27(17-26(28,5)6)16-10-12-21-11-7-8-15-24(21)27;1-8(2)11-10-7-5-4-6-9(10)3;;;/h7-9,11,13-15,18-20H,10,12,16-17H2,1-6H3;3-8H,1-2H3;2*1H;/q-1;;;;+2/p-2. The summed E-state index contributed by atoms with van der Waals surface area (Å²) in [7, 11) is 11.6. The minimum Gasteiger partial charge on any atom is -0.517 e. The summed E-state index contributed by atoms with van der Waals surface area (Å²) in [5.74, 6) is 1.89. The van der Waals surface area contributed by atoms with Gasteiger partial charge in [0, 0.05) is 11.2 Å². The van der Waals surface area contributed by atoms with Crippen LogP contribution in [-0.4, -0.2) is 16.3 Å². The molecule has 1 spiro atoms. The van der Waals surface area contributed by atoms with Crippen LogP contribution >= 0.6 is 19.4 Å². The summed E-state index contributed by atoms with van der Waals surface area (Å²) < 4.78 is 7.51. The molecule has 1 heterocycles. The van der Waals surface area contributed by atoms with Crippen molar-refractivity contribution in [2.45, 2.75) is 110 Å². The van der Waals surface area contributed by atoms with Crippen molar-refractivity contribution >= 4 is 29.7 Å². The zero-order valence-electron chi connectivity index (χ0n) is 26.5. The quantitative estimate of drug-likeness (QED) is 0.188. The maximum absolute atomic E-state index is 5.82. The third-order valence-electron chi connectivity index (χ3n) is 8.45. The molecule has 3 aromatic carbocycles. The molecule has 5 rings (SSSR count). The molecule has 2 nitrogen and oxygen atoms in total. The van der Waals surface area contributed by atoms with Crippen LogP contribution in [0.1, 0.15) is 114 Å². The fraction of sp³-hybridized carbons (Fsp3) is 0.459. The Balaban J connectivity index is 0.000000244. The second kappa shape index (κ2) is 14.0. The number of anilines is 1. The molecule has 230 valence electrons. The molecule has 0 bridgehead atoms. The van der Waals surface area contributed by atoms with Gasteiger partial charge in [-0.25, -0.2) is 6.54 Å². The number of fused-ring (bicyclic) bond motifs is 2. The number of ether oxygens (including phenoxy) is 1. The van der Waals surface area contributed by atoms with E-state index < -0.39 is 13.5 Å². The van der Waals surface area contributed by atoms with E-state index >= 15 is 0 Å². The first-order valence-corrected chi connectivity index (χ1v) is 20.8. The maximum atomic E-state index is 5.82. The van der Waals surface area contributed by atoms with Crippen molar-refractivity contribution in [1.82, 2.24) is 0 Å². The topological polar surface area (TPSA) is 12.5 Å². The molecule has 0 radical (unpaired) electrons. The molecule has 0 N–H and O–H groups in total. The van der Waals surface area contributed by atoms with Crippen LogP contribution in [0.5, 0.6) is 5.75 Å². The number of hydrogen-bond acceptors (Lipinski definition) is 2. The van der Waals surface area contributed by atoms with Gasteiger partial charge in [0.1, 0.15) is 0 Å². The van der Waals surface area contributed by atoms with Crippen molar-refractivity contribution in [3.05, 3.63) is 101 Å². The number of aryl methyl sites for hydroxylation is 1. The maximum Gasteiger partial charge on any atom is 0.0145 e. The Morgan fingerprint density at radius 3 is 2.10 bits per heavy atom. The molecule has 0 aromatic heterocycles. The van der Waals surface area contributed by atoms with Gasteiger partial charge in [-0.3, -0.25) is 0 Å². The Bertz CT molecular complexity index is 1370. The normalized spacial score (nSPS) is 19.5. The Labute approximate surface area is 268 Å². The summed E-state index contributed by atoms with van der Waals surface area (Å²) in [4.78, 5) is 2.67. The van der Waals surface area contributed by atoms with Gasteiger partial charge in [0.05, 0.1) is 0 Å². The smallest absolute Gasteiger partial charge is 0.0145 e. The summed E-state index contributed by atoms with van der Waals surface area (Å²) in [6.07, 6.45) is 5.15. The van der Waals surface area contributed by atoms with E-state index in [1.807, 2.05) is 42.7 Å². The molecule has 1 unspecified atom stereocenters. The summed E-state index contributed by atoms with van der Waals surface area (Å²) in [6.45, 7) is 20.8. The Morgan fingerprint density at radius 2 is 1.48 bits per heavy atom. The third kappa shape index (κ3) is 7.51. The summed E-state index contributed by atoms with van der Waals surface area (Å²) >= 11 is -1.77. The number of para-hydroxylation sites is 2. The van der Waals surface area contributed by atoms with Gasteiger partial charge in [-0.15, -0.1) is 5.41 Å². The van der Waals surface area contributed by atoms with E-state index in [1.54, 1.807) is 11.1 Å². The molecule has 42 heavy (non-hydrogen) atoms. The van der Waals surface area contributed by atoms with Gasteiger partial charge in [-0.2, -0.15) is 0 Å². The van der Waals surface area contributed by atoms with Crippen LogP contribution in [0.3, 0.4) is 0 Å².